The van der Waals surface area contributed by atoms with Crippen molar-refractivity contribution >= 4 is 5.91 Å². The molecule has 0 spiro atoms. The topological polar surface area (TPSA) is 52.9 Å². The fraction of sp³-hybridized carbons (Fsp3) is 0.882. The summed E-state index contributed by atoms with van der Waals surface area (Å²) < 4.78 is 0. The normalized spacial score (nSPS) is 18.0. The SMILES string of the molecule is CCCCCCCCNC(=O)C1(C#N)CCCCCC1. The standard InChI is InChI=1S/C17H30N2O/c1-2-3-4-5-8-11-14-19-16(20)17(15-18)12-9-6-7-10-13-17/h2-14H2,1H3,(H,19,20). The van der Waals surface area contributed by atoms with Gasteiger partial charge in [-0.15, -0.1) is 0 Å². The maximum absolute atomic E-state index is 12.3. The second-order valence-electron chi connectivity index (χ2n) is 6.13. The van der Waals surface area contributed by atoms with Crippen LogP contribution in [0.5, 0.6) is 0 Å². The molecule has 0 heterocycles. The number of amides is 1. The number of nitriles is 1. The van der Waals surface area contributed by atoms with Gasteiger partial charge >= 0.3 is 0 Å². The van der Waals surface area contributed by atoms with Gasteiger partial charge in [0.25, 0.3) is 0 Å². The highest BCUT2D eigenvalue weighted by molar-refractivity contribution is 5.85. The van der Waals surface area contributed by atoms with Crippen LogP contribution in [-0.2, 0) is 4.79 Å². The zero-order valence-electron chi connectivity index (χ0n) is 13.0. The summed E-state index contributed by atoms with van der Waals surface area (Å²) in [5.41, 5.74) is -0.737. The third-order valence-corrected chi connectivity index (χ3v) is 4.42. The van der Waals surface area contributed by atoms with Crippen molar-refractivity contribution in [2.24, 2.45) is 5.41 Å². The average molecular weight is 278 g/mol. The Morgan fingerprint density at radius 2 is 1.65 bits per heavy atom. The molecule has 0 aromatic heterocycles. The number of rotatable bonds is 8. The molecule has 1 aliphatic rings. The van der Waals surface area contributed by atoms with Gasteiger partial charge in [0.15, 0.2) is 0 Å². The van der Waals surface area contributed by atoms with Crippen LogP contribution in [0.25, 0.3) is 0 Å². The number of nitrogens with zero attached hydrogens (tertiary/aromatic N) is 1. The Hall–Kier alpha value is -1.04. The number of carbonyl (C=O) groups excluding carboxylic acids is 1. The summed E-state index contributed by atoms with van der Waals surface area (Å²) in [6, 6.07) is 2.31. The molecule has 0 unspecified atom stereocenters. The molecule has 3 heteroatoms. The van der Waals surface area contributed by atoms with Crippen LogP contribution < -0.4 is 5.32 Å². The Balaban J connectivity index is 2.24. The quantitative estimate of drug-likeness (QED) is 0.531. The van der Waals surface area contributed by atoms with Crippen molar-refractivity contribution in [3.63, 3.8) is 0 Å². The van der Waals surface area contributed by atoms with E-state index < -0.39 is 5.41 Å². The van der Waals surface area contributed by atoms with Gasteiger partial charge < -0.3 is 5.32 Å². The van der Waals surface area contributed by atoms with Gasteiger partial charge in [-0.25, -0.2) is 0 Å². The lowest BCUT2D eigenvalue weighted by atomic mass is 9.81. The van der Waals surface area contributed by atoms with Gasteiger partial charge in [0.1, 0.15) is 5.41 Å². The zero-order valence-corrected chi connectivity index (χ0v) is 13.0. The second-order valence-corrected chi connectivity index (χ2v) is 6.13. The van der Waals surface area contributed by atoms with Crippen LogP contribution in [0.4, 0.5) is 0 Å². The van der Waals surface area contributed by atoms with Crippen molar-refractivity contribution in [1.29, 1.82) is 5.26 Å². The summed E-state index contributed by atoms with van der Waals surface area (Å²) in [5, 5.41) is 12.4. The second kappa shape index (κ2) is 9.80. The van der Waals surface area contributed by atoms with E-state index in [1.165, 1.54) is 32.1 Å². The van der Waals surface area contributed by atoms with Gasteiger partial charge in [-0.3, -0.25) is 4.79 Å². The minimum absolute atomic E-state index is 0.0181. The van der Waals surface area contributed by atoms with Gasteiger partial charge in [-0.2, -0.15) is 5.26 Å². The molecule has 114 valence electrons. The van der Waals surface area contributed by atoms with Crippen LogP contribution in [0.15, 0.2) is 0 Å². The molecule has 3 nitrogen and oxygen atoms in total. The van der Waals surface area contributed by atoms with Crippen LogP contribution in [0.1, 0.15) is 84.0 Å². The van der Waals surface area contributed by atoms with Crippen molar-refractivity contribution in [3.8, 4) is 6.07 Å². The lowest BCUT2D eigenvalue weighted by molar-refractivity contribution is -0.128. The summed E-state index contributed by atoms with van der Waals surface area (Å²) in [6.07, 6.45) is 13.2. The maximum Gasteiger partial charge on any atom is 0.240 e. The fourth-order valence-corrected chi connectivity index (χ4v) is 3.00. The Kier molecular flexibility index (Phi) is 8.34. The predicted molar refractivity (Wildman–Crippen MR) is 82.1 cm³/mol. The number of hydrogen-bond donors (Lipinski definition) is 1. The first-order valence-electron chi connectivity index (χ1n) is 8.45. The lowest BCUT2D eigenvalue weighted by Gasteiger charge is -2.23. The monoisotopic (exact) mass is 278 g/mol. The van der Waals surface area contributed by atoms with E-state index in [1.807, 2.05) is 0 Å². The number of carbonyl (C=O) groups is 1. The van der Waals surface area contributed by atoms with E-state index in [2.05, 4.69) is 18.3 Å². The molecule has 20 heavy (non-hydrogen) atoms. The number of unbranched alkanes of at least 4 members (excludes halogenated alkanes) is 5. The molecule has 0 saturated heterocycles. The molecular formula is C17H30N2O. The molecule has 0 aromatic carbocycles. The average Bonchev–Trinajstić information content (AvgIpc) is 2.72. The largest absolute Gasteiger partial charge is 0.355 e. The molecule has 1 amide bonds. The van der Waals surface area contributed by atoms with E-state index in [-0.39, 0.29) is 5.91 Å². The van der Waals surface area contributed by atoms with E-state index >= 15 is 0 Å². The van der Waals surface area contributed by atoms with Gasteiger partial charge in [-0.05, 0) is 19.3 Å². The molecule has 0 radical (unpaired) electrons. The van der Waals surface area contributed by atoms with Crippen LogP contribution >= 0.6 is 0 Å². The fourth-order valence-electron chi connectivity index (χ4n) is 3.00. The van der Waals surface area contributed by atoms with Crippen LogP contribution in [0.3, 0.4) is 0 Å². The molecule has 1 N–H and O–H groups in total. The Morgan fingerprint density at radius 1 is 1.05 bits per heavy atom. The van der Waals surface area contributed by atoms with Crippen molar-refractivity contribution in [1.82, 2.24) is 5.32 Å². The highest BCUT2D eigenvalue weighted by atomic mass is 16.2. The van der Waals surface area contributed by atoms with E-state index in [0.29, 0.717) is 0 Å². The van der Waals surface area contributed by atoms with Gasteiger partial charge in [0.05, 0.1) is 6.07 Å². The minimum Gasteiger partial charge on any atom is -0.355 e. The first kappa shape index (κ1) is 17.0. The zero-order chi connectivity index (χ0) is 14.7. The Labute approximate surface area is 124 Å². The summed E-state index contributed by atoms with van der Waals surface area (Å²) in [7, 11) is 0. The summed E-state index contributed by atoms with van der Waals surface area (Å²) in [6.45, 7) is 2.95. The highest BCUT2D eigenvalue weighted by Crippen LogP contribution is 2.34. The maximum atomic E-state index is 12.3. The summed E-state index contributed by atoms with van der Waals surface area (Å²) in [5.74, 6) is -0.0181. The lowest BCUT2D eigenvalue weighted by Crippen LogP contribution is -2.40. The number of nitrogens with one attached hydrogen (secondary N) is 1. The van der Waals surface area contributed by atoms with E-state index in [0.717, 1.165) is 51.5 Å². The summed E-state index contributed by atoms with van der Waals surface area (Å²) >= 11 is 0. The van der Waals surface area contributed by atoms with Crippen molar-refractivity contribution in [2.75, 3.05) is 6.54 Å². The molecule has 1 aliphatic carbocycles. The number of hydrogen-bond acceptors (Lipinski definition) is 2. The van der Waals surface area contributed by atoms with Crippen molar-refractivity contribution < 1.29 is 4.79 Å². The van der Waals surface area contributed by atoms with E-state index in [1.54, 1.807) is 0 Å². The predicted octanol–water partition coefficient (Wildman–Crippen LogP) is 4.33. The first-order chi connectivity index (χ1) is 9.75. The molecular weight excluding hydrogens is 248 g/mol. The smallest absolute Gasteiger partial charge is 0.240 e. The van der Waals surface area contributed by atoms with Crippen LogP contribution in [0, 0.1) is 16.7 Å². The van der Waals surface area contributed by atoms with Crippen LogP contribution in [-0.4, -0.2) is 12.5 Å². The molecule has 1 fully saturated rings. The minimum atomic E-state index is -0.737. The molecule has 0 atom stereocenters. The molecule has 1 saturated carbocycles. The molecule has 0 bridgehead atoms. The van der Waals surface area contributed by atoms with E-state index in [4.69, 9.17) is 0 Å². The third kappa shape index (κ3) is 5.53. The molecule has 0 aliphatic heterocycles. The van der Waals surface area contributed by atoms with Gasteiger partial charge in [0, 0.05) is 6.54 Å². The Morgan fingerprint density at radius 3 is 2.25 bits per heavy atom. The van der Waals surface area contributed by atoms with Crippen LogP contribution in [0.2, 0.25) is 0 Å². The van der Waals surface area contributed by atoms with E-state index in [9.17, 15) is 10.1 Å². The Bertz CT molecular complexity index is 311. The summed E-state index contributed by atoms with van der Waals surface area (Å²) in [4.78, 5) is 12.3. The molecule has 1 rings (SSSR count). The van der Waals surface area contributed by atoms with Crippen molar-refractivity contribution in [3.05, 3.63) is 0 Å². The first-order valence-corrected chi connectivity index (χ1v) is 8.45. The highest BCUT2D eigenvalue weighted by Gasteiger charge is 2.38. The third-order valence-electron chi connectivity index (χ3n) is 4.42. The van der Waals surface area contributed by atoms with Crippen molar-refractivity contribution in [2.45, 2.75) is 84.0 Å². The van der Waals surface area contributed by atoms with Gasteiger partial charge in [-0.1, -0.05) is 64.7 Å². The molecule has 0 aromatic rings. The van der Waals surface area contributed by atoms with Gasteiger partial charge in [0.2, 0.25) is 5.91 Å².